The van der Waals surface area contributed by atoms with Crippen LogP contribution in [0.4, 0.5) is 10.2 Å². The van der Waals surface area contributed by atoms with E-state index >= 15 is 4.39 Å². The van der Waals surface area contributed by atoms with Gasteiger partial charge in [0.1, 0.15) is 22.8 Å². The molecular weight excluding hydrogens is 529 g/mol. The van der Waals surface area contributed by atoms with Gasteiger partial charge in [0.2, 0.25) is 0 Å². The zero-order valence-corrected chi connectivity index (χ0v) is 23.1. The van der Waals surface area contributed by atoms with Crippen LogP contribution in [0.5, 0.6) is 11.8 Å². The molecule has 9 heteroatoms. The Morgan fingerprint density at radius 2 is 2.00 bits per heavy atom. The molecule has 2 N–H and O–H groups in total. The number of likely N-dealkylation sites (N-methyl/N-ethyl adjacent to an activating group) is 1. The second kappa shape index (κ2) is 9.87. The van der Waals surface area contributed by atoms with Crippen molar-refractivity contribution in [3.63, 3.8) is 0 Å². The van der Waals surface area contributed by atoms with Gasteiger partial charge < -0.3 is 20.1 Å². The molecule has 4 aliphatic rings. The van der Waals surface area contributed by atoms with Crippen LogP contribution in [0.1, 0.15) is 25.7 Å². The van der Waals surface area contributed by atoms with Crippen molar-refractivity contribution in [1.82, 2.24) is 20.2 Å². The average Bonchev–Trinajstić information content (AvgIpc) is 3.39. The summed E-state index contributed by atoms with van der Waals surface area (Å²) in [4.78, 5) is 13.9. The van der Waals surface area contributed by atoms with Gasteiger partial charge in [-0.15, -0.1) is 0 Å². The maximum Gasteiger partial charge on any atom is 0.324 e. The van der Waals surface area contributed by atoms with Crippen molar-refractivity contribution in [3.8, 4) is 22.9 Å². The molecule has 5 heterocycles. The summed E-state index contributed by atoms with van der Waals surface area (Å²) in [6.45, 7) is 6.75. The Bertz CT molecular complexity index is 1650. The lowest BCUT2D eigenvalue weighted by molar-refractivity contribution is 0.258. The van der Waals surface area contributed by atoms with Crippen molar-refractivity contribution >= 4 is 39.1 Å². The number of likely N-dealkylation sites (tertiary alicyclic amines) is 1. The molecule has 2 unspecified atom stereocenters. The zero-order valence-electron chi connectivity index (χ0n) is 22.3. The summed E-state index contributed by atoms with van der Waals surface area (Å²) in [5.41, 5.74) is 0.822. The molecule has 3 aromatic carbocycles. The maximum atomic E-state index is 16.7. The Labute approximate surface area is 237 Å². The van der Waals surface area contributed by atoms with E-state index in [9.17, 15) is 5.11 Å². The molecule has 7 nitrogen and oxygen atoms in total. The molecule has 0 aliphatic carbocycles. The summed E-state index contributed by atoms with van der Waals surface area (Å²) >= 11 is 6.85. The smallest absolute Gasteiger partial charge is 0.324 e. The van der Waals surface area contributed by atoms with E-state index in [4.69, 9.17) is 21.3 Å². The third-order valence-electron chi connectivity index (χ3n) is 8.69. The number of phenolic OH excluding ortho intramolecular Hbond substituents is 1. The number of aromatic hydroxyl groups is 1. The largest absolute Gasteiger partial charge is 0.508 e. The summed E-state index contributed by atoms with van der Waals surface area (Å²) in [6.07, 6.45) is 4.13. The second-order valence-electron chi connectivity index (χ2n) is 11.2. The molecule has 3 atom stereocenters. The van der Waals surface area contributed by atoms with Crippen molar-refractivity contribution in [1.29, 1.82) is 0 Å². The number of benzene rings is 3. The SMILES string of the molecule is C=C(Oc1nc(N2CC3CCC2CN3)c2cc(Cl)c(-c3cc(O)cc4ccccc34)c(F)c2n1)[C@@H]1CCCN1C. The van der Waals surface area contributed by atoms with Crippen LogP contribution in [0, 0.1) is 5.82 Å². The van der Waals surface area contributed by atoms with Crippen LogP contribution < -0.4 is 15.0 Å². The van der Waals surface area contributed by atoms with Gasteiger partial charge in [0.15, 0.2) is 5.82 Å². The van der Waals surface area contributed by atoms with E-state index in [1.54, 1.807) is 18.2 Å². The fourth-order valence-corrected chi connectivity index (χ4v) is 6.94. The lowest BCUT2D eigenvalue weighted by Gasteiger charge is -2.46. The molecule has 40 heavy (non-hydrogen) atoms. The van der Waals surface area contributed by atoms with E-state index in [1.165, 1.54) is 0 Å². The molecule has 1 aromatic heterocycles. The van der Waals surface area contributed by atoms with Gasteiger partial charge in [0.25, 0.3) is 0 Å². The predicted octanol–water partition coefficient (Wildman–Crippen LogP) is 5.88. The molecule has 0 radical (unpaired) electrons. The van der Waals surface area contributed by atoms with E-state index in [1.807, 2.05) is 31.3 Å². The second-order valence-corrected chi connectivity index (χ2v) is 11.6. The molecular formula is C31H31ClFN5O2. The van der Waals surface area contributed by atoms with E-state index < -0.39 is 5.82 Å². The van der Waals surface area contributed by atoms with Crippen LogP contribution in [-0.4, -0.2) is 64.8 Å². The van der Waals surface area contributed by atoms with Gasteiger partial charge in [-0.25, -0.2) is 4.39 Å². The minimum atomic E-state index is -0.573. The predicted molar refractivity (Wildman–Crippen MR) is 157 cm³/mol. The van der Waals surface area contributed by atoms with Crippen molar-refractivity contribution < 1.29 is 14.2 Å². The van der Waals surface area contributed by atoms with Gasteiger partial charge >= 0.3 is 6.01 Å². The molecule has 4 fully saturated rings. The van der Waals surface area contributed by atoms with E-state index in [2.05, 4.69) is 26.7 Å². The first kappa shape index (κ1) is 25.5. The Morgan fingerprint density at radius 1 is 1.15 bits per heavy atom. The van der Waals surface area contributed by atoms with Crippen molar-refractivity contribution in [2.24, 2.45) is 0 Å². The van der Waals surface area contributed by atoms with E-state index in [-0.39, 0.29) is 39.9 Å². The van der Waals surface area contributed by atoms with Gasteiger partial charge in [-0.3, -0.25) is 4.90 Å². The quantitative estimate of drug-likeness (QED) is 0.296. The number of nitrogens with one attached hydrogen (secondary N) is 1. The number of piperidine rings is 2. The Morgan fingerprint density at radius 3 is 2.73 bits per heavy atom. The molecule has 0 amide bonds. The Kier molecular flexibility index (Phi) is 6.29. The lowest BCUT2D eigenvalue weighted by Crippen LogP contribution is -2.61. The summed E-state index contributed by atoms with van der Waals surface area (Å²) in [7, 11) is 2.05. The molecule has 2 bridgehead atoms. The van der Waals surface area contributed by atoms with Crippen LogP contribution in [-0.2, 0) is 0 Å². The van der Waals surface area contributed by atoms with Gasteiger partial charge in [-0.1, -0.05) is 42.4 Å². The lowest BCUT2D eigenvalue weighted by atomic mass is 9.92. The monoisotopic (exact) mass is 559 g/mol. The van der Waals surface area contributed by atoms with Crippen LogP contribution in [0.2, 0.25) is 5.02 Å². The molecule has 4 saturated heterocycles. The third-order valence-corrected chi connectivity index (χ3v) is 8.99. The van der Waals surface area contributed by atoms with Crippen LogP contribution >= 0.6 is 11.6 Å². The highest BCUT2D eigenvalue weighted by atomic mass is 35.5. The van der Waals surface area contributed by atoms with Gasteiger partial charge in [0, 0.05) is 36.1 Å². The number of rotatable bonds is 5. The number of phenols is 1. The van der Waals surface area contributed by atoms with Crippen LogP contribution in [0.25, 0.3) is 32.8 Å². The first-order chi connectivity index (χ1) is 19.4. The summed E-state index contributed by atoms with van der Waals surface area (Å²) in [6, 6.07) is 13.2. The van der Waals surface area contributed by atoms with Crippen molar-refractivity contribution in [2.45, 2.75) is 43.8 Å². The van der Waals surface area contributed by atoms with Crippen LogP contribution in [0.3, 0.4) is 0 Å². The third kappa shape index (κ3) is 4.26. The Balaban J connectivity index is 1.42. The molecule has 8 rings (SSSR count). The van der Waals surface area contributed by atoms with E-state index in [0.29, 0.717) is 28.6 Å². The number of halogens is 2. The molecule has 0 saturated carbocycles. The number of hydrogen-bond donors (Lipinski definition) is 2. The summed E-state index contributed by atoms with van der Waals surface area (Å²) in [5.74, 6) is 0.638. The van der Waals surface area contributed by atoms with Gasteiger partial charge in [-0.2, -0.15) is 9.97 Å². The summed E-state index contributed by atoms with van der Waals surface area (Å²) < 4.78 is 22.9. The average molecular weight is 560 g/mol. The van der Waals surface area contributed by atoms with Gasteiger partial charge in [-0.05, 0) is 73.8 Å². The number of anilines is 1. The fourth-order valence-electron chi connectivity index (χ4n) is 6.64. The maximum absolute atomic E-state index is 16.7. The highest BCUT2D eigenvalue weighted by molar-refractivity contribution is 6.35. The minimum absolute atomic E-state index is 0.0329. The topological polar surface area (TPSA) is 73.8 Å². The first-order valence-electron chi connectivity index (χ1n) is 13.9. The first-order valence-corrected chi connectivity index (χ1v) is 14.2. The highest BCUT2D eigenvalue weighted by Crippen LogP contribution is 2.43. The summed E-state index contributed by atoms with van der Waals surface area (Å²) in [5, 5.41) is 16.4. The number of fused-ring (bicyclic) bond motifs is 5. The van der Waals surface area contributed by atoms with Gasteiger partial charge in [0.05, 0.1) is 11.1 Å². The van der Waals surface area contributed by atoms with E-state index in [0.717, 1.165) is 56.1 Å². The molecule has 4 aromatic rings. The number of nitrogens with zero attached hydrogens (tertiary/aromatic N) is 4. The molecule has 206 valence electrons. The number of hydrogen-bond acceptors (Lipinski definition) is 7. The zero-order chi connectivity index (χ0) is 27.5. The minimum Gasteiger partial charge on any atom is -0.508 e. The van der Waals surface area contributed by atoms with Crippen molar-refractivity contribution in [2.75, 3.05) is 31.6 Å². The Hall–Kier alpha value is -3.46. The standard InChI is InChI=1S/C31H31ClFN5O2/c1-17(26-8-5-11-37(26)2)40-31-35-29-24(30(36-31)38-16-19-9-10-20(38)15-34-19)14-25(32)27(28(29)33)23-13-21(39)12-18-6-3-4-7-22(18)23/h3-4,6-7,12-14,19-20,26,34,39H,1,5,8-11,15-16H2,2H3/t19?,20?,26-/m0/s1. The number of piperazine rings is 1. The normalized spacial score (nSPS) is 22.9. The van der Waals surface area contributed by atoms with Crippen LogP contribution in [0.15, 0.2) is 54.8 Å². The number of ether oxygens (including phenoxy) is 1. The highest BCUT2D eigenvalue weighted by Gasteiger charge is 2.36. The fraction of sp³-hybridized carbons (Fsp3) is 0.355. The molecule has 4 aliphatic heterocycles. The number of aromatic nitrogens is 2. The molecule has 0 spiro atoms. The van der Waals surface area contributed by atoms with Crippen molar-refractivity contribution in [3.05, 3.63) is 65.6 Å².